The molecule has 0 aliphatic carbocycles. The number of carbonyl (C=O) groups excluding carboxylic acids is 1. The van der Waals surface area contributed by atoms with Crippen molar-refractivity contribution >= 4 is 5.91 Å². The lowest BCUT2D eigenvalue weighted by Crippen LogP contribution is -2.12. The van der Waals surface area contributed by atoms with E-state index >= 15 is 0 Å². The lowest BCUT2D eigenvalue weighted by atomic mass is 10.1. The van der Waals surface area contributed by atoms with Crippen LogP contribution in [0.1, 0.15) is 15.9 Å². The second-order valence-corrected chi connectivity index (χ2v) is 4.44. The summed E-state index contributed by atoms with van der Waals surface area (Å²) >= 11 is 0. The van der Waals surface area contributed by atoms with Crippen molar-refractivity contribution in [1.29, 1.82) is 0 Å². The Morgan fingerprint density at radius 2 is 1.90 bits per heavy atom. The van der Waals surface area contributed by atoms with E-state index in [1.807, 2.05) is 0 Å². The number of primary amides is 1. The summed E-state index contributed by atoms with van der Waals surface area (Å²) in [5.74, 6) is 0.459. The molecule has 0 aliphatic heterocycles. The lowest BCUT2D eigenvalue weighted by Gasteiger charge is -2.11. The van der Waals surface area contributed by atoms with Gasteiger partial charge in [0.25, 0.3) is 0 Å². The van der Waals surface area contributed by atoms with E-state index in [0.29, 0.717) is 30.1 Å². The van der Waals surface area contributed by atoms with Crippen molar-refractivity contribution in [3.8, 4) is 11.5 Å². The molecule has 0 atom stereocenters. The first-order chi connectivity index (χ1) is 10.1. The number of hydrogen-bond donors (Lipinski definition) is 1. The van der Waals surface area contributed by atoms with Crippen LogP contribution >= 0.6 is 0 Å². The highest BCUT2D eigenvalue weighted by Gasteiger charge is 2.08. The van der Waals surface area contributed by atoms with Crippen molar-refractivity contribution in [2.24, 2.45) is 5.73 Å². The van der Waals surface area contributed by atoms with Crippen LogP contribution < -0.4 is 15.2 Å². The minimum absolute atomic E-state index is 0.307. The average Bonchev–Trinajstić information content (AvgIpc) is 2.49. The van der Waals surface area contributed by atoms with Gasteiger partial charge < -0.3 is 15.2 Å². The topological polar surface area (TPSA) is 61.5 Å². The summed E-state index contributed by atoms with van der Waals surface area (Å²) in [6, 6.07) is 10.8. The number of halogens is 1. The van der Waals surface area contributed by atoms with Crippen LogP contribution in [-0.4, -0.2) is 19.6 Å². The number of carbonyl (C=O) groups is 1. The van der Waals surface area contributed by atoms with Crippen molar-refractivity contribution in [1.82, 2.24) is 0 Å². The van der Waals surface area contributed by atoms with Gasteiger partial charge in [0.15, 0.2) is 0 Å². The first kappa shape index (κ1) is 14.8. The predicted octanol–water partition coefficient (Wildman–Crippen LogP) is 2.55. The predicted molar refractivity (Wildman–Crippen MR) is 77.1 cm³/mol. The zero-order valence-electron chi connectivity index (χ0n) is 11.6. The fourth-order valence-corrected chi connectivity index (χ4v) is 1.94. The number of ether oxygens (including phenoxy) is 2. The Balaban J connectivity index is 2.03. The molecule has 21 heavy (non-hydrogen) atoms. The molecule has 5 heteroatoms. The van der Waals surface area contributed by atoms with Crippen LogP contribution in [-0.2, 0) is 6.42 Å². The Morgan fingerprint density at radius 1 is 1.19 bits per heavy atom. The van der Waals surface area contributed by atoms with Gasteiger partial charge in [0.1, 0.15) is 17.3 Å². The summed E-state index contributed by atoms with van der Waals surface area (Å²) in [5.41, 5.74) is 6.51. The maximum absolute atomic E-state index is 12.8. The van der Waals surface area contributed by atoms with E-state index in [1.165, 1.54) is 12.1 Å². The number of rotatable bonds is 6. The second-order valence-electron chi connectivity index (χ2n) is 4.44. The third-order valence-electron chi connectivity index (χ3n) is 3.02. The molecule has 0 heterocycles. The summed E-state index contributed by atoms with van der Waals surface area (Å²) < 4.78 is 23.5. The van der Waals surface area contributed by atoms with E-state index in [9.17, 15) is 9.18 Å². The van der Waals surface area contributed by atoms with Crippen LogP contribution in [0.4, 0.5) is 4.39 Å². The minimum Gasteiger partial charge on any atom is -0.496 e. The number of benzene rings is 2. The Labute approximate surface area is 122 Å². The van der Waals surface area contributed by atoms with Gasteiger partial charge in [-0.3, -0.25) is 4.79 Å². The molecule has 0 aromatic heterocycles. The Hall–Kier alpha value is -2.56. The van der Waals surface area contributed by atoms with Gasteiger partial charge in [0, 0.05) is 12.0 Å². The normalized spacial score (nSPS) is 10.2. The zero-order chi connectivity index (χ0) is 15.2. The van der Waals surface area contributed by atoms with E-state index in [1.54, 1.807) is 37.4 Å². The van der Waals surface area contributed by atoms with Gasteiger partial charge in [0.05, 0.1) is 13.7 Å². The Bertz CT molecular complexity index is 626. The highest BCUT2D eigenvalue weighted by molar-refractivity contribution is 5.93. The Morgan fingerprint density at radius 3 is 2.52 bits per heavy atom. The SMILES string of the molecule is COc1ccc(C(N)=O)cc1CCOc1ccc(F)cc1. The zero-order valence-corrected chi connectivity index (χ0v) is 11.6. The molecule has 0 radical (unpaired) electrons. The smallest absolute Gasteiger partial charge is 0.248 e. The third-order valence-corrected chi connectivity index (χ3v) is 3.02. The monoisotopic (exact) mass is 289 g/mol. The average molecular weight is 289 g/mol. The molecule has 2 aromatic carbocycles. The molecule has 4 nitrogen and oxygen atoms in total. The van der Waals surface area contributed by atoms with Crippen LogP contribution in [0.25, 0.3) is 0 Å². The van der Waals surface area contributed by atoms with Crippen molar-refractivity contribution in [2.75, 3.05) is 13.7 Å². The van der Waals surface area contributed by atoms with Gasteiger partial charge in [-0.2, -0.15) is 0 Å². The van der Waals surface area contributed by atoms with Crippen LogP contribution in [0.3, 0.4) is 0 Å². The number of amides is 1. The summed E-state index contributed by atoms with van der Waals surface area (Å²) in [6.45, 7) is 0.379. The van der Waals surface area contributed by atoms with E-state index in [4.69, 9.17) is 15.2 Å². The summed E-state index contributed by atoms with van der Waals surface area (Å²) in [5, 5.41) is 0. The molecule has 0 fully saturated rings. The molecule has 0 bridgehead atoms. The maximum Gasteiger partial charge on any atom is 0.248 e. The van der Waals surface area contributed by atoms with Crippen LogP contribution in [0.2, 0.25) is 0 Å². The third kappa shape index (κ3) is 3.95. The van der Waals surface area contributed by atoms with Crippen LogP contribution in [0, 0.1) is 5.82 Å². The molecule has 0 saturated carbocycles. The van der Waals surface area contributed by atoms with E-state index in [2.05, 4.69) is 0 Å². The highest BCUT2D eigenvalue weighted by Crippen LogP contribution is 2.21. The standard InChI is InChI=1S/C16H16FNO3/c1-20-15-7-2-12(16(18)19)10-11(15)8-9-21-14-5-3-13(17)4-6-14/h2-7,10H,8-9H2,1H3,(H2,18,19). The first-order valence-electron chi connectivity index (χ1n) is 6.45. The fraction of sp³-hybridized carbons (Fsp3) is 0.188. The molecule has 0 unspecified atom stereocenters. The number of hydrogen-bond acceptors (Lipinski definition) is 3. The quantitative estimate of drug-likeness (QED) is 0.889. The van der Waals surface area contributed by atoms with Gasteiger partial charge in [-0.05, 0) is 48.0 Å². The number of methoxy groups -OCH3 is 1. The Kier molecular flexibility index (Phi) is 4.77. The van der Waals surface area contributed by atoms with E-state index in [0.717, 1.165) is 5.56 Å². The largest absolute Gasteiger partial charge is 0.496 e. The van der Waals surface area contributed by atoms with Crippen LogP contribution in [0.5, 0.6) is 11.5 Å². The van der Waals surface area contributed by atoms with Gasteiger partial charge in [-0.25, -0.2) is 4.39 Å². The van der Waals surface area contributed by atoms with Gasteiger partial charge in [0.2, 0.25) is 5.91 Å². The lowest BCUT2D eigenvalue weighted by molar-refractivity contribution is 0.1000. The first-order valence-corrected chi connectivity index (χ1v) is 6.45. The molecule has 110 valence electrons. The molecule has 2 rings (SSSR count). The summed E-state index contributed by atoms with van der Waals surface area (Å²) in [7, 11) is 1.56. The summed E-state index contributed by atoms with van der Waals surface area (Å²) in [4.78, 5) is 11.2. The van der Waals surface area contributed by atoms with Crippen molar-refractivity contribution in [3.63, 3.8) is 0 Å². The molecule has 1 amide bonds. The molecule has 2 N–H and O–H groups in total. The molecule has 0 saturated heterocycles. The van der Waals surface area contributed by atoms with Gasteiger partial charge in [-0.15, -0.1) is 0 Å². The maximum atomic E-state index is 12.8. The summed E-state index contributed by atoms with van der Waals surface area (Å²) in [6.07, 6.45) is 0.543. The molecule has 0 aliphatic rings. The molecule has 0 spiro atoms. The van der Waals surface area contributed by atoms with Crippen LogP contribution in [0.15, 0.2) is 42.5 Å². The highest BCUT2D eigenvalue weighted by atomic mass is 19.1. The second kappa shape index (κ2) is 6.74. The fourth-order valence-electron chi connectivity index (χ4n) is 1.94. The van der Waals surface area contributed by atoms with Gasteiger partial charge >= 0.3 is 0 Å². The van der Waals surface area contributed by atoms with Crippen molar-refractivity contribution < 1.29 is 18.7 Å². The molecule has 2 aromatic rings. The van der Waals surface area contributed by atoms with E-state index in [-0.39, 0.29) is 5.82 Å². The number of nitrogens with two attached hydrogens (primary N) is 1. The van der Waals surface area contributed by atoms with Crippen molar-refractivity contribution in [3.05, 3.63) is 59.4 Å². The minimum atomic E-state index is -0.488. The molecular weight excluding hydrogens is 273 g/mol. The van der Waals surface area contributed by atoms with Crippen molar-refractivity contribution in [2.45, 2.75) is 6.42 Å². The van der Waals surface area contributed by atoms with E-state index < -0.39 is 5.91 Å². The van der Waals surface area contributed by atoms with Gasteiger partial charge in [-0.1, -0.05) is 0 Å². The molecular formula is C16H16FNO3.